The first kappa shape index (κ1) is 27.3. The Labute approximate surface area is 201 Å². The second kappa shape index (κ2) is 8.68. The summed E-state index contributed by atoms with van der Waals surface area (Å²) < 4.78 is 127. The minimum atomic E-state index is -7.05. The second-order valence-electron chi connectivity index (χ2n) is 11.0. The van der Waals surface area contributed by atoms with Gasteiger partial charge in [-0.2, -0.15) is 39.5 Å². The first-order chi connectivity index (χ1) is 16.4. The lowest BCUT2D eigenvalue weighted by atomic mass is 9.76. The van der Waals surface area contributed by atoms with E-state index in [1.807, 2.05) is 0 Å². The Morgan fingerprint density at radius 3 is 1.86 bits per heavy atom. The molecule has 13 heteroatoms. The summed E-state index contributed by atoms with van der Waals surface area (Å²) >= 11 is 0. The van der Waals surface area contributed by atoms with Crippen molar-refractivity contribution in [3.8, 4) is 0 Å². The molecule has 0 aromatic carbocycles. The third-order valence-corrected chi connectivity index (χ3v) is 9.13. The van der Waals surface area contributed by atoms with Crippen molar-refractivity contribution in [1.82, 2.24) is 0 Å². The summed E-state index contributed by atoms with van der Waals surface area (Å²) in [5, 5.41) is 0. The van der Waals surface area contributed by atoms with Gasteiger partial charge in [0.05, 0.1) is 11.8 Å². The lowest BCUT2D eigenvalue weighted by Gasteiger charge is -2.34. The highest BCUT2D eigenvalue weighted by Crippen LogP contribution is 2.57. The van der Waals surface area contributed by atoms with Crippen molar-refractivity contribution in [2.45, 2.75) is 76.0 Å². The number of hydrogen-bond donors (Lipinski definition) is 0. The molecular formula is C23H27F9O4. The van der Waals surface area contributed by atoms with Gasteiger partial charge in [0.15, 0.2) is 6.61 Å². The lowest BCUT2D eigenvalue weighted by molar-refractivity contribution is -0.399. The molecule has 0 amide bonds. The van der Waals surface area contributed by atoms with Gasteiger partial charge in [0.1, 0.15) is 6.10 Å². The van der Waals surface area contributed by atoms with Gasteiger partial charge in [0.25, 0.3) is 0 Å². The number of rotatable bonds is 7. The topological polar surface area (TPSA) is 52.6 Å². The van der Waals surface area contributed by atoms with Crippen LogP contribution in [0, 0.1) is 47.3 Å². The van der Waals surface area contributed by atoms with E-state index in [1.54, 1.807) is 0 Å². The summed E-state index contributed by atoms with van der Waals surface area (Å²) in [7, 11) is 0. The van der Waals surface area contributed by atoms with E-state index in [-0.39, 0.29) is 24.2 Å². The van der Waals surface area contributed by atoms with Crippen LogP contribution in [-0.2, 0) is 19.1 Å². The Hall–Kier alpha value is -1.69. The molecule has 36 heavy (non-hydrogen) atoms. The van der Waals surface area contributed by atoms with Gasteiger partial charge in [-0.25, -0.2) is 0 Å². The summed E-state index contributed by atoms with van der Waals surface area (Å²) in [4.78, 5) is 25.2. The fourth-order valence-electron chi connectivity index (χ4n) is 6.91. The SMILES string of the molecule is CC1C2CC(C(=O)OC3CC4CC(C(=O)OCC(F)(F)C(F)(F)C(F)(F)C(F)(F)F)C3C4)C(C2)C1C. The molecule has 4 bridgehead atoms. The summed E-state index contributed by atoms with van der Waals surface area (Å²) in [6.07, 6.45) is -5.08. The Balaban J connectivity index is 1.35. The third-order valence-electron chi connectivity index (χ3n) is 9.13. The van der Waals surface area contributed by atoms with Crippen LogP contribution in [0.4, 0.5) is 39.5 Å². The van der Waals surface area contributed by atoms with Gasteiger partial charge in [-0.05, 0) is 61.7 Å². The van der Waals surface area contributed by atoms with Crippen LogP contribution >= 0.6 is 0 Å². The molecule has 0 aliphatic heterocycles. The summed E-state index contributed by atoms with van der Waals surface area (Å²) in [6.45, 7) is 1.58. The first-order valence-corrected chi connectivity index (χ1v) is 12.0. The average molecular weight is 538 g/mol. The van der Waals surface area contributed by atoms with E-state index in [0.29, 0.717) is 37.0 Å². The van der Waals surface area contributed by atoms with Crippen molar-refractivity contribution in [2.24, 2.45) is 47.3 Å². The quantitative estimate of drug-likeness (QED) is 0.300. The van der Waals surface area contributed by atoms with Crippen molar-refractivity contribution in [1.29, 1.82) is 0 Å². The summed E-state index contributed by atoms with van der Waals surface area (Å²) in [5.41, 5.74) is 0. The Kier molecular flexibility index (Phi) is 6.59. The zero-order chi connectivity index (χ0) is 27.0. The summed E-state index contributed by atoms with van der Waals surface area (Å²) in [6, 6.07) is 0. The Morgan fingerprint density at radius 2 is 1.33 bits per heavy atom. The molecule has 9 unspecified atom stereocenters. The van der Waals surface area contributed by atoms with E-state index >= 15 is 0 Å². The highest BCUT2D eigenvalue weighted by atomic mass is 19.4. The van der Waals surface area contributed by atoms with Gasteiger partial charge in [0, 0.05) is 5.92 Å². The fraction of sp³-hybridized carbons (Fsp3) is 0.913. The molecule has 0 N–H and O–H groups in total. The predicted octanol–water partition coefficient (Wildman–Crippen LogP) is 5.88. The number of alkyl halides is 9. The van der Waals surface area contributed by atoms with E-state index in [2.05, 4.69) is 18.6 Å². The molecule has 0 spiro atoms. The van der Waals surface area contributed by atoms with E-state index in [1.165, 1.54) is 0 Å². The normalized spacial score (nSPS) is 38.5. The monoisotopic (exact) mass is 538 g/mol. The van der Waals surface area contributed by atoms with Gasteiger partial charge in [-0.1, -0.05) is 13.8 Å². The van der Waals surface area contributed by atoms with Crippen LogP contribution in [0.5, 0.6) is 0 Å². The van der Waals surface area contributed by atoms with Crippen LogP contribution in [0.15, 0.2) is 0 Å². The van der Waals surface area contributed by atoms with Crippen LogP contribution in [0.25, 0.3) is 0 Å². The third kappa shape index (κ3) is 4.16. The highest BCUT2D eigenvalue weighted by Gasteiger charge is 2.82. The number of esters is 2. The van der Waals surface area contributed by atoms with Gasteiger partial charge in [-0.15, -0.1) is 0 Å². The average Bonchev–Trinajstić information content (AvgIpc) is 3.53. The van der Waals surface area contributed by atoms with Gasteiger partial charge < -0.3 is 9.47 Å². The molecule has 4 nitrogen and oxygen atoms in total. The molecule has 4 aliphatic rings. The van der Waals surface area contributed by atoms with Gasteiger partial charge >= 0.3 is 35.9 Å². The van der Waals surface area contributed by atoms with Crippen molar-refractivity contribution in [3.05, 3.63) is 0 Å². The van der Waals surface area contributed by atoms with E-state index in [9.17, 15) is 49.1 Å². The smallest absolute Gasteiger partial charge is 0.460 e. The largest absolute Gasteiger partial charge is 0.462 e. The molecule has 4 aliphatic carbocycles. The van der Waals surface area contributed by atoms with Crippen molar-refractivity contribution in [2.75, 3.05) is 6.61 Å². The van der Waals surface area contributed by atoms with Crippen LogP contribution in [-0.4, -0.2) is 48.6 Å². The number of fused-ring (bicyclic) bond motifs is 4. The Bertz CT molecular complexity index is 887. The standard InChI is InChI=1S/C23H27F9O4/c1-9-10(2)13-6-12(9)7-16(13)19(34)36-17-5-11-3-14(17)15(4-11)18(33)35-8-20(24,25)21(26,27)22(28,29)23(30,31)32/h9-17H,3-8H2,1-2H3. The number of halogens is 9. The van der Waals surface area contributed by atoms with E-state index < -0.39 is 60.4 Å². The number of hydrogen-bond acceptors (Lipinski definition) is 4. The van der Waals surface area contributed by atoms with Crippen molar-refractivity contribution < 1.29 is 58.6 Å². The molecule has 206 valence electrons. The van der Waals surface area contributed by atoms with Crippen molar-refractivity contribution in [3.63, 3.8) is 0 Å². The molecule has 4 saturated carbocycles. The molecule has 0 aromatic rings. The van der Waals surface area contributed by atoms with Crippen LogP contribution in [0.3, 0.4) is 0 Å². The molecule has 4 fully saturated rings. The number of carbonyl (C=O) groups excluding carboxylic acids is 2. The zero-order valence-electron chi connectivity index (χ0n) is 19.5. The molecular weight excluding hydrogens is 511 g/mol. The van der Waals surface area contributed by atoms with Crippen LogP contribution in [0.1, 0.15) is 46.0 Å². The maximum atomic E-state index is 13.7. The minimum Gasteiger partial charge on any atom is -0.462 e. The van der Waals surface area contributed by atoms with E-state index in [0.717, 1.165) is 6.42 Å². The Morgan fingerprint density at radius 1 is 0.722 bits per heavy atom. The van der Waals surface area contributed by atoms with Gasteiger partial charge in [0.2, 0.25) is 0 Å². The maximum absolute atomic E-state index is 13.7. The fourth-order valence-corrected chi connectivity index (χ4v) is 6.91. The predicted molar refractivity (Wildman–Crippen MR) is 104 cm³/mol. The van der Waals surface area contributed by atoms with Gasteiger partial charge in [-0.3, -0.25) is 9.59 Å². The number of ether oxygens (including phenoxy) is 2. The maximum Gasteiger partial charge on any atom is 0.460 e. The first-order valence-electron chi connectivity index (χ1n) is 12.0. The lowest BCUT2D eigenvalue weighted by Crippen LogP contribution is -2.62. The molecule has 4 rings (SSSR count). The van der Waals surface area contributed by atoms with E-state index in [4.69, 9.17) is 4.74 Å². The highest BCUT2D eigenvalue weighted by molar-refractivity contribution is 5.75. The second-order valence-corrected chi connectivity index (χ2v) is 11.0. The molecule has 0 aromatic heterocycles. The molecule has 9 atom stereocenters. The molecule has 0 saturated heterocycles. The van der Waals surface area contributed by atoms with Crippen LogP contribution < -0.4 is 0 Å². The summed E-state index contributed by atoms with van der Waals surface area (Å²) in [5.74, 6) is -22.4. The number of carbonyl (C=O) groups is 2. The minimum absolute atomic E-state index is 0.124. The molecule has 0 heterocycles. The molecule has 0 radical (unpaired) electrons. The van der Waals surface area contributed by atoms with Crippen LogP contribution in [0.2, 0.25) is 0 Å². The zero-order valence-corrected chi connectivity index (χ0v) is 19.5. The van der Waals surface area contributed by atoms with Crippen molar-refractivity contribution >= 4 is 11.9 Å².